The van der Waals surface area contributed by atoms with E-state index in [2.05, 4.69) is 4.98 Å². The minimum Gasteiger partial charge on any atom is -0.394 e. The van der Waals surface area contributed by atoms with Gasteiger partial charge in [-0.3, -0.25) is 4.90 Å². The molecular formula is C10H14F3N3O2. The molecule has 2 heterocycles. The van der Waals surface area contributed by atoms with Crippen molar-refractivity contribution in [1.82, 2.24) is 14.5 Å². The predicted molar refractivity (Wildman–Crippen MR) is 55.6 cm³/mol. The second-order valence-electron chi connectivity index (χ2n) is 4.30. The highest BCUT2D eigenvalue weighted by Crippen LogP contribution is 2.32. The number of aliphatic hydroxyl groups excluding tert-OH is 2. The van der Waals surface area contributed by atoms with E-state index in [0.717, 1.165) is 0 Å². The number of hydrogen-bond acceptors (Lipinski definition) is 4. The third kappa shape index (κ3) is 2.65. The fraction of sp³-hybridized carbons (Fsp3) is 0.700. The first-order valence-electron chi connectivity index (χ1n) is 5.54. The molecule has 8 heteroatoms. The van der Waals surface area contributed by atoms with Crippen molar-refractivity contribution < 1.29 is 23.4 Å². The second-order valence-corrected chi connectivity index (χ2v) is 4.30. The first-order valence-corrected chi connectivity index (χ1v) is 5.54. The lowest BCUT2D eigenvalue weighted by molar-refractivity contribution is -0.142. The zero-order valence-corrected chi connectivity index (χ0v) is 9.56. The molecule has 0 aliphatic carbocycles. The largest absolute Gasteiger partial charge is 0.435 e. The molecule has 0 amide bonds. The van der Waals surface area contributed by atoms with Gasteiger partial charge in [-0.05, 0) is 0 Å². The topological polar surface area (TPSA) is 61.5 Å². The monoisotopic (exact) mass is 265 g/mol. The smallest absolute Gasteiger partial charge is 0.394 e. The quantitative estimate of drug-likeness (QED) is 0.812. The molecule has 1 aromatic heterocycles. The molecule has 0 radical (unpaired) electrons. The normalized spacial score (nSPS) is 18.7. The van der Waals surface area contributed by atoms with Gasteiger partial charge in [-0.2, -0.15) is 13.2 Å². The Hall–Kier alpha value is -1.12. The van der Waals surface area contributed by atoms with Crippen LogP contribution in [-0.4, -0.2) is 50.5 Å². The number of hydrogen-bond donors (Lipinski definition) is 2. The van der Waals surface area contributed by atoms with E-state index in [1.807, 2.05) is 0 Å². The van der Waals surface area contributed by atoms with Crippen LogP contribution in [0.2, 0.25) is 0 Å². The van der Waals surface area contributed by atoms with Crippen LogP contribution in [0.25, 0.3) is 0 Å². The van der Waals surface area contributed by atoms with Gasteiger partial charge in [0.05, 0.1) is 24.7 Å². The summed E-state index contributed by atoms with van der Waals surface area (Å²) in [5.74, 6) is 0. The Balaban J connectivity index is 2.15. The summed E-state index contributed by atoms with van der Waals surface area (Å²) in [4.78, 5) is 5.08. The predicted octanol–water partition coefficient (Wildman–Crippen LogP) is 0.0707. The first kappa shape index (κ1) is 13.3. The molecule has 0 fully saturated rings. The maximum Gasteiger partial charge on any atom is 0.435 e. The summed E-state index contributed by atoms with van der Waals surface area (Å²) in [7, 11) is 0. The fourth-order valence-corrected chi connectivity index (χ4v) is 2.05. The molecule has 0 saturated carbocycles. The van der Waals surface area contributed by atoms with Crippen LogP contribution in [0.4, 0.5) is 13.2 Å². The van der Waals surface area contributed by atoms with Crippen molar-refractivity contribution in [3.8, 4) is 0 Å². The number of fused-ring (bicyclic) bond motifs is 1. The van der Waals surface area contributed by atoms with E-state index >= 15 is 0 Å². The molecule has 0 bridgehead atoms. The number of alkyl halides is 3. The Bertz CT molecular complexity index is 419. The molecular weight excluding hydrogens is 251 g/mol. The summed E-state index contributed by atoms with van der Waals surface area (Å²) >= 11 is 0. The lowest BCUT2D eigenvalue weighted by atomic mass is 10.2. The minimum atomic E-state index is -4.46. The van der Waals surface area contributed by atoms with E-state index in [-0.39, 0.29) is 18.8 Å². The average molecular weight is 265 g/mol. The summed E-state index contributed by atoms with van der Waals surface area (Å²) < 4.78 is 39.5. The van der Waals surface area contributed by atoms with E-state index in [1.54, 1.807) is 4.90 Å². The van der Waals surface area contributed by atoms with Gasteiger partial charge in [-0.25, -0.2) is 4.98 Å². The summed E-state index contributed by atoms with van der Waals surface area (Å²) in [5.41, 5.74) is -0.760. The lowest BCUT2D eigenvalue weighted by Crippen LogP contribution is -2.40. The van der Waals surface area contributed by atoms with Gasteiger partial charge >= 0.3 is 6.18 Å². The van der Waals surface area contributed by atoms with Crippen LogP contribution in [0.15, 0.2) is 6.33 Å². The van der Waals surface area contributed by atoms with E-state index in [1.165, 1.54) is 10.9 Å². The molecule has 0 spiro atoms. The average Bonchev–Trinajstić information content (AvgIpc) is 2.71. The van der Waals surface area contributed by atoms with Gasteiger partial charge in [-0.15, -0.1) is 0 Å². The number of rotatable bonds is 3. The second kappa shape index (κ2) is 4.87. The van der Waals surface area contributed by atoms with E-state index in [4.69, 9.17) is 5.11 Å². The molecule has 102 valence electrons. The van der Waals surface area contributed by atoms with Crippen LogP contribution >= 0.6 is 0 Å². The molecule has 0 unspecified atom stereocenters. The maximum absolute atomic E-state index is 12.7. The zero-order valence-electron chi connectivity index (χ0n) is 9.56. The van der Waals surface area contributed by atoms with Crippen LogP contribution in [0, 0.1) is 0 Å². The lowest BCUT2D eigenvalue weighted by Gasteiger charge is -2.29. The van der Waals surface area contributed by atoms with Crippen LogP contribution < -0.4 is 0 Å². The Morgan fingerprint density at radius 2 is 2.11 bits per heavy atom. The number of halogens is 3. The number of aromatic nitrogens is 2. The van der Waals surface area contributed by atoms with Crippen molar-refractivity contribution in [2.24, 2.45) is 0 Å². The van der Waals surface area contributed by atoms with Gasteiger partial charge in [0, 0.05) is 26.2 Å². The summed E-state index contributed by atoms with van der Waals surface area (Å²) in [5, 5.41) is 18.0. The molecule has 0 aromatic carbocycles. The molecule has 0 saturated heterocycles. The van der Waals surface area contributed by atoms with Crippen molar-refractivity contribution >= 4 is 0 Å². The molecule has 5 nitrogen and oxygen atoms in total. The molecule has 1 aromatic rings. The van der Waals surface area contributed by atoms with Crippen molar-refractivity contribution in [1.29, 1.82) is 0 Å². The van der Waals surface area contributed by atoms with Crippen LogP contribution in [0.1, 0.15) is 11.4 Å². The van der Waals surface area contributed by atoms with Gasteiger partial charge in [0.1, 0.15) is 0 Å². The number of β-amino-alcohol motifs (C(OH)–C–C–N with tert-alkyl or cyclic N) is 1. The third-order valence-electron chi connectivity index (χ3n) is 2.92. The Morgan fingerprint density at radius 3 is 2.72 bits per heavy atom. The summed E-state index contributed by atoms with van der Waals surface area (Å²) in [6.07, 6.45) is -4.20. The van der Waals surface area contributed by atoms with Gasteiger partial charge < -0.3 is 14.8 Å². The Labute approximate surface area is 101 Å². The number of imidazole rings is 1. The van der Waals surface area contributed by atoms with Crippen molar-refractivity contribution in [2.45, 2.75) is 25.4 Å². The number of nitrogens with zero attached hydrogens (tertiary/aromatic N) is 3. The molecule has 2 rings (SSSR count). The fourth-order valence-electron chi connectivity index (χ4n) is 2.05. The molecule has 1 aliphatic heterocycles. The summed E-state index contributed by atoms with van der Waals surface area (Å²) in [6, 6.07) is 0. The van der Waals surface area contributed by atoms with Crippen molar-refractivity contribution in [2.75, 3.05) is 19.7 Å². The highest BCUT2D eigenvalue weighted by Gasteiger charge is 2.38. The van der Waals surface area contributed by atoms with Crippen molar-refractivity contribution in [3.05, 3.63) is 17.7 Å². The Kier molecular flexibility index (Phi) is 3.60. The molecule has 2 N–H and O–H groups in total. The third-order valence-corrected chi connectivity index (χ3v) is 2.92. The number of aliphatic hydroxyl groups is 2. The Morgan fingerprint density at radius 1 is 1.39 bits per heavy atom. The molecule has 1 atom stereocenters. The van der Waals surface area contributed by atoms with Gasteiger partial charge in [-0.1, -0.05) is 0 Å². The highest BCUT2D eigenvalue weighted by molar-refractivity contribution is 5.18. The summed E-state index contributed by atoms with van der Waals surface area (Å²) in [6.45, 7) is 0.751. The first-order chi connectivity index (χ1) is 8.41. The zero-order chi connectivity index (χ0) is 13.3. The highest BCUT2D eigenvalue weighted by atomic mass is 19.4. The van der Waals surface area contributed by atoms with Crippen molar-refractivity contribution in [3.63, 3.8) is 0 Å². The SMILES string of the molecule is OC[C@@H](O)CN1CCn2cnc(C(F)(F)F)c2C1. The maximum atomic E-state index is 12.7. The molecule has 1 aliphatic rings. The van der Waals surface area contributed by atoms with Crippen LogP contribution in [-0.2, 0) is 19.3 Å². The van der Waals surface area contributed by atoms with Crippen LogP contribution in [0.3, 0.4) is 0 Å². The van der Waals surface area contributed by atoms with E-state index in [0.29, 0.717) is 13.1 Å². The van der Waals surface area contributed by atoms with Gasteiger partial charge in [0.2, 0.25) is 0 Å². The van der Waals surface area contributed by atoms with E-state index in [9.17, 15) is 18.3 Å². The van der Waals surface area contributed by atoms with Gasteiger partial charge in [0.25, 0.3) is 0 Å². The standard InChI is InChI=1S/C10H14F3N3O2/c11-10(12,13)9-8-4-15(3-7(18)5-17)1-2-16(8)6-14-9/h6-7,17-18H,1-5H2/t7-/m0/s1. The minimum absolute atomic E-state index is 0.0753. The van der Waals surface area contributed by atoms with E-state index < -0.39 is 24.6 Å². The molecule has 18 heavy (non-hydrogen) atoms. The van der Waals surface area contributed by atoms with Gasteiger partial charge in [0.15, 0.2) is 5.69 Å². The van der Waals surface area contributed by atoms with Crippen LogP contribution in [0.5, 0.6) is 0 Å².